The van der Waals surface area contributed by atoms with E-state index < -0.39 is 0 Å². The molecule has 0 spiro atoms. The first kappa shape index (κ1) is 20.0. The molecule has 0 N–H and O–H groups in total. The van der Waals surface area contributed by atoms with Gasteiger partial charge in [-0.25, -0.2) is 4.98 Å². The zero-order valence-electron chi connectivity index (χ0n) is 17.4. The molecule has 4 aromatic carbocycles. The summed E-state index contributed by atoms with van der Waals surface area (Å²) in [7, 11) is 1.62. The number of ether oxygens (including phenoxy) is 1. The molecule has 5 rings (SSSR count). The number of methoxy groups -OCH3 is 1. The van der Waals surface area contributed by atoms with Gasteiger partial charge in [0.2, 0.25) is 0 Å². The minimum atomic E-state index is -0.142. The molecule has 1 amide bonds. The Morgan fingerprint density at radius 3 is 2.28 bits per heavy atom. The second kappa shape index (κ2) is 8.65. The van der Waals surface area contributed by atoms with Crippen LogP contribution in [0.15, 0.2) is 103 Å². The molecule has 156 valence electrons. The van der Waals surface area contributed by atoms with Gasteiger partial charge in [-0.15, -0.1) is 0 Å². The Labute approximate surface area is 190 Å². The van der Waals surface area contributed by atoms with Crippen molar-refractivity contribution in [1.82, 2.24) is 4.98 Å². The lowest BCUT2D eigenvalue weighted by molar-refractivity contribution is 0.0999. The molecule has 0 saturated carbocycles. The third-order valence-corrected chi connectivity index (χ3v) is 6.25. The number of hydrogen-bond acceptors (Lipinski definition) is 4. The number of carbonyl (C=O) groups excluding carboxylic acids is 1. The fraction of sp³-hybridized carbons (Fsp3) is 0.0370. The normalized spacial score (nSPS) is 10.8. The molecule has 0 unspecified atom stereocenters. The van der Waals surface area contributed by atoms with Gasteiger partial charge in [-0.3, -0.25) is 9.69 Å². The van der Waals surface area contributed by atoms with E-state index in [-0.39, 0.29) is 5.91 Å². The average molecular weight is 437 g/mol. The SMILES string of the molecule is COc1cccc(N(C(=O)c2ccc(-c3ccccc3)cc2)c2nc3ccccc3s2)c1. The van der Waals surface area contributed by atoms with Crippen LogP contribution in [0.1, 0.15) is 10.4 Å². The predicted molar refractivity (Wildman–Crippen MR) is 131 cm³/mol. The highest BCUT2D eigenvalue weighted by Crippen LogP contribution is 2.36. The maximum Gasteiger partial charge on any atom is 0.264 e. The van der Waals surface area contributed by atoms with Crippen LogP contribution in [0.5, 0.6) is 5.75 Å². The van der Waals surface area contributed by atoms with Gasteiger partial charge in [-0.2, -0.15) is 0 Å². The summed E-state index contributed by atoms with van der Waals surface area (Å²) in [6.07, 6.45) is 0. The Balaban J connectivity index is 1.57. The van der Waals surface area contributed by atoms with Gasteiger partial charge >= 0.3 is 0 Å². The Morgan fingerprint density at radius 2 is 1.53 bits per heavy atom. The van der Waals surface area contributed by atoms with E-state index in [2.05, 4.69) is 12.1 Å². The number of thiazole rings is 1. The topological polar surface area (TPSA) is 42.4 Å². The standard InChI is InChI=1S/C27H20N2O2S/c1-31-23-11-7-10-22(18-23)29(27-28-24-12-5-6-13-25(24)32-27)26(30)21-16-14-20(15-17-21)19-8-3-2-4-9-19/h2-18H,1H3. The Kier molecular flexibility index (Phi) is 5.40. The highest BCUT2D eigenvalue weighted by molar-refractivity contribution is 7.22. The first-order valence-corrected chi connectivity index (χ1v) is 11.0. The third-order valence-electron chi connectivity index (χ3n) is 5.23. The van der Waals surface area contributed by atoms with Crippen molar-refractivity contribution in [3.63, 3.8) is 0 Å². The number of nitrogens with zero attached hydrogens (tertiary/aromatic N) is 2. The molecule has 0 bridgehead atoms. The number of hydrogen-bond donors (Lipinski definition) is 0. The van der Waals surface area contributed by atoms with Crippen molar-refractivity contribution in [2.45, 2.75) is 0 Å². The lowest BCUT2D eigenvalue weighted by Crippen LogP contribution is -2.25. The van der Waals surface area contributed by atoms with Crippen molar-refractivity contribution in [3.05, 3.63) is 109 Å². The average Bonchev–Trinajstić information content (AvgIpc) is 3.28. The van der Waals surface area contributed by atoms with E-state index in [1.807, 2.05) is 91.0 Å². The molecule has 0 fully saturated rings. The van der Waals surface area contributed by atoms with E-state index in [1.54, 1.807) is 12.0 Å². The molecule has 0 saturated heterocycles. The molecule has 0 aliphatic heterocycles. The number of anilines is 2. The fourth-order valence-electron chi connectivity index (χ4n) is 3.58. The molecule has 1 heterocycles. The van der Waals surface area contributed by atoms with Crippen LogP contribution in [0.3, 0.4) is 0 Å². The van der Waals surface area contributed by atoms with Crippen LogP contribution in [0, 0.1) is 0 Å². The minimum absolute atomic E-state index is 0.142. The lowest BCUT2D eigenvalue weighted by atomic mass is 10.0. The van der Waals surface area contributed by atoms with Crippen LogP contribution in [-0.2, 0) is 0 Å². The van der Waals surface area contributed by atoms with E-state index in [1.165, 1.54) is 11.3 Å². The van der Waals surface area contributed by atoms with E-state index >= 15 is 0 Å². The Bertz CT molecular complexity index is 1340. The first-order valence-electron chi connectivity index (χ1n) is 10.2. The van der Waals surface area contributed by atoms with Crippen molar-refractivity contribution < 1.29 is 9.53 Å². The maximum absolute atomic E-state index is 13.7. The summed E-state index contributed by atoms with van der Waals surface area (Å²) in [5, 5.41) is 0.622. The Morgan fingerprint density at radius 1 is 0.812 bits per heavy atom. The van der Waals surface area contributed by atoms with Crippen molar-refractivity contribution in [3.8, 4) is 16.9 Å². The van der Waals surface area contributed by atoms with Gasteiger partial charge in [0, 0.05) is 11.6 Å². The lowest BCUT2D eigenvalue weighted by Gasteiger charge is -2.21. The van der Waals surface area contributed by atoms with Gasteiger partial charge in [0.1, 0.15) is 5.75 Å². The summed E-state index contributed by atoms with van der Waals surface area (Å²) < 4.78 is 6.43. The molecule has 5 aromatic rings. The van der Waals surface area contributed by atoms with Gasteiger partial charge in [0.25, 0.3) is 5.91 Å². The molecule has 0 aliphatic rings. The van der Waals surface area contributed by atoms with Crippen LogP contribution in [0.25, 0.3) is 21.3 Å². The van der Waals surface area contributed by atoms with E-state index in [9.17, 15) is 4.79 Å². The summed E-state index contributed by atoms with van der Waals surface area (Å²) >= 11 is 1.49. The predicted octanol–water partition coefficient (Wildman–Crippen LogP) is 6.95. The van der Waals surface area contributed by atoms with E-state index in [0.717, 1.165) is 21.3 Å². The van der Waals surface area contributed by atoms with Crippen molar-refractivity contribution >= 4 is 38.3 Å². The smallest absolute Gasteiger partial charge is 0.264 e. The fourth-order valence-corrected chi connectivity index (χ4v) is 4.57. The third kappa shape index (κ3) is 3.86. The van der Waals surface area contributed by atoms with Crippen LogP contribution >= 0.6 is 11.3 Å². The number of benzene rings is 4. The van der Waals surface area contributed by atoms with Crippen LogP contribution in [0.2, 0.25) is 0 Å². The zero-order chi connectivity index (χ0) is 21.9. The molecule has 5 heteroatoms. The second-order valence-electron chi connectivity index (χ2n) is 7.25. The molecule has 4 nitrogen and oxygen atoms in total. The number of amides is 1. The van der Waals surface area contributed by atoms with Gasteiger partial charge in [-0.1, -0.05) is 72.0 Å². The van der Waals surface area contributed by atoms with Crippen molar-refractivity contribution in [2.75, 3.05) is 12.0 Å². The highest BCUT2D eigenvalue weighted by atomic mass is 32.1. The van der Waals surface area contributed by atoms with Gasteiger partial charge in [0.05, 0.1) is 23.0 Å². The van der Waals surface area contributed by atoms with Crippen LogP contribution in [0.4, 0.5) is 10.8 Å². The Hall–Kier alpha value is -3.96. The van der Waals surface area contributed by atoms with Crippen molar-refractivity contribution in [1.29, 1.82) is 0 Å². The molecular weight excluding hydrogens is 416 g/mol. The highest BCUT2D eigenvalue weighted by Gasteiger charge is 2.23. The maximum atomic E-state index is 13.7. The molecule has 0 aliphatic carbocycles. The zero-order valence-corrected chi connectivity index (χ0v) is 18.3. The summed E-state index contributed by atoms with van der Waals surface area (Å²) in [5.41, 5.74) is 4.34. The van der Waals surface area contributed by atoms with Crippen LogP contribution < -0.4 is 9.64 Å². The van der Waals surface area contributed by atoms with Gasteiger partial charge in [0.15, 0.2) is 5.13 Å². The van der Waals surface area contributed by atoms with E-state index in [4.69, 9.17) is 9.72 Å². The molecule has 32 heavy (non-hydrogen) atoms. The van der Waals surface area contributed by atoms with Crippen LogP contribution in [-0.4, -0.2) is 18.0 Å². The number of rotatable bonds is 5. The molecule has 0 radical (unpaired) electrons. The van der Waals surface area contributed by atoms with Crippen molar-refractivity contribution in [2.24, 2.45) is 0 Å². The van der Waals surface area contributed by atoms with Gasteiger partial charge < -0.3 is 4.74 Å². The second-order valence-corrected chi connectivity index (χ2v) is 8.26. The minimum Gasteiger partial charge on any atom is -0.497 e. The summed E-state index contributed by atoms with van der Waals surface area (Å²) in [6, 6.07) is 33.2. The summed E-state index contributed by atoms with van der Waals surface area (Å²) in [6.45, 7) is 0. The molecule has 0 atom stereocenters. The summed E-state index contributed by atoms with van der Waals surface area (Å²) in [5.74, 6) is 0.540. The van der Waals surface area contributed by atoms with Gasteiger partial charge in [-0.05, 0) is 47.5 Å². The largest absolute Gasteiger partial charge is 0.497 e. The number of para-hydroxylation sites is 1. The first-order chi connectivity index (χ1) is 15.7. The number of carbonyl (C=O) groups is 1. The quantitative estimate of drug-likeness (QED) is 0.299. The number of fused-ring (bicyclic) bond motifs is 1. The van der Waals surface area contributed by atoms with E-state index in [0.29, 0.717) is 22.1 Å². The molecular formula is C27H20N2O2S. The molecule has 1 aromatic heterocycles. The summed E-state index contributed by atoms with van der Waals surface area (Å²) in [4.78, 5) is 20.1. The number of aromatic nitrogens is 1. The monoisotopic (exact) mass is 436 g/mol.